The topological polar surface area (TPSA) is 216 Å². The van der Waals surface area contributed by atoms with Crippen molar-refractivity contribution in [2.45, 2.75) is 76.5 Å². The molecule has 0 unspecified atom stereocenters. The molecule has 1 aromatic heterocycles. The molecule has 1 spiro atoms. The number of carbonyl (C=O) groups excluding carboxylic acids is 4. The first kappa shape index (κ1) is 45.0. The normalized spacial score (nSPS) is 20.8. The highest BCUT2D eigenvalue weighted by molar-refractivity contribution is 7.90. The van der Waals surface area contributed by atoms with E-state index >= 15 is 0 Å². The zero-order chi connectivity index (χ0) is 46.2. The number of aliphatic imine (C=N–C) groups is 1. The Morgan fingerprint density at radius 3 is 2.18 bits per heavy atom. The van der Waals surface area contributed by atoms with Crippen LogP contribution in [-0.4, -0.2) is 115 Å². The number of nitriles is 1. The van der Waals surface area contributed by atoms with Crippen molar-refractivity contribution in [1.82, 2.24) is 30.4 Å². The average molecular weight is 903 g/mol. The van der Waals surface area contributed by atoms with E-state index in [0.717, 1.165) is 75.5 Å². The second kappa shape index (κ2) is 18.1. The molecular formula is C48H54N8O8S. The number of aromatic amines is 1. The third-order valence-electron chi connectivity index (χ3n) is 13.3. The lowest BCUT2D eigenvalue weighted by atomic mass is 9.94. The van der Waals surface area contributed by atoms with Crippen LogP contribution in [0.15, 0.2) is 78.1 Å². The number of aromatic nitrogens is 2. The monoisotopic (exact) mass is 902 g/mol. The smallest absolute Gasteiger partial charge is 0.407 e. The minimum atomic E-state index is -3.37. The number of hydrogen-bond donors (Lipinski definition) is 3. The standard InChI is InChI=1S/C48H54N8O8S/c1-28(2)42(54-47(60)64-4)45(58)55-26-29(23-49)18-40(55)43-51-25-39(52-43)35-13-12-33-19-32(10-11-34(33)20-35)30-6-8-31(9-7-30)36-21-38(50-24-36)41-22-48(15-16-48)27-56(41)44(57)37(53-46(59)63-3)14-17-65(5,61)62/h6-13,19-20,24-25,28-29,37,40-42H,14-18,21-22,26-27H2,1-5H3,(H,51,52)(H,53,59)(H,54,60)/t29-,37+,40+,41+,42+/m0/s1. The number of sulfone groups is 1. The number of fused-ring (bicyclic) bond motifs is 1. The van der Waals surface area contributed by atoms with E-state index in [4.69, 9.17) is 14.5 Å². The molecule has 340 valence electrons. The fourth-order valence-electron chi connectivity index (χ4n) is 9.38. The summed E-state index contributed by atoms with van der Waals surface area (Å²) in [6, 6.07) is 20.6. The van der Waals surface area contributed by atoms with E-state index in [0.29, 0.717) is 25.2 Å². The van der Waals surface area contributed by atoms with Crippen LogP contribution in [0.4, 0.5) is 9.59 Å². The molecule has 65 heavy (non-hydrogen) atoms. The van der Waals surface area contributed by atoms with Crippen LogP contribution >= 0.6 is 0 Å². The highest BCUT2D eigenvalue weighted by Crippen LogP contribution is 2.55. The Labute approximate surface area is 378 Å². The van der Waals surface area contributed by atoms with Gasteiger partial charge in [-0.1, -0.05) is 62.4 Å². The van der Waals surface area contributed by atoms with Gasteiger partial charge in [-0.05, 0) is 88.6 Å². The number of rotatable bonds is 13. The molecule has 3 fully saturated rings. The van der Waals surface area contributed by atoms with Crippen LogP contribution in [0.25, 0.3) is 38.7 Å². The quantitative estimate of drug-likeness (QED) is 0.134. The van der Waals surface area contributed by atoms with Crippen molar-refractivity contribution >= 4 is 55.9 Å². The summed E-state index contributed by atoms with van der Waals surface area (Å²) in [7, 11) is -0.914. The number of nitrogens with zero attached hydrogens (tertiary/aromatic N) is 5. The van der Waals surface area contributed by atoms with Crippen LogP contribution in [0.3, 0.4) is 0 Å². The number of allylic oxidation sites excluding steroid dienone is 1. The number of alkyl carbamates (subject to hydrolysis) is 2. The van der Waals surface area contributed by atoms with Crippen molar-refractivity contribution in [3.05, 3.63) is 84.4 Å². The molecule has 3 N–H and O–H groups in total. The zero-order valence-electron chi connectivity index (χ0n) is 37.2. The van der Waals surface area contributed by atoms with Gasteiger partial charge in [0.05, 0.1) is 55.9 Å². The van der Waals surface area contributed by atoms with Gasteiger partial charge >= 0.3 is 12.2 Å². The number of nitrogens with one attached hydrogen (secondary N) is 3. The van der Waals surface area contributed by atoms with Gasteiger partial charge in [0, 0.05) is 43.2 Å². The van der Waals surface area contributed by atoms with Crippen molar-refractivity contribution in [2.24, 2.45) is 22.2 Å². The second-order valence-electron chi connectivity index (χ2n) is 18.2. The molecule has 16 nitrogen and oxygen atoms in total. The lowest BCUT2D eigenvalue weighted by Crippen LogP contribution is -2.52. The lowest BCUT2D eigenvalue weighted by Gasteiger charge is -2.29. The summed E-state index contributed by atoms with van der Waals surface area (Å²) in [4.78, 5) is 68.3. The van der Waals surface area contributed by atoms with Crippen LogP contribution in [-0.2, 0) is 28.9 Å². The molecule has 4 amide bonds. The molecule has 8 rings (SSSR count). The Morgan fingerprint density at radius 1 is 0.892 bits per heavy atom. The van der Waals surface area contributed by atoms with Crippen LogP contribution in [0.2, 0.25) is 0 Å². The van der Waals surface area contributed by atoms with E-state index in [9.17, 15) is 32.9 Å². The number of ether oxygens (including phenoxy) is 2. The van der Waals surface area contributed by atoms with Gasteiger partial charge in [-0.3, -0.25) is 14.6 Å². The summed E-state index contributed by atoms with van der Waals surface area (Å²) in [6.07, 6.45) is 6.99. The van der Waals surface area contributed by atoms with E-state index in [1.54, 1.807) is 16.0 Å². The lowest BCUT2D eigenvalue weighted by molar-refractivity contribution is -0.135. The van der Waals surface area contributed by atoms with Crippen molar-refractivity contribution in [1.29, 1.82) is 5.26 Å². The minimum Gasteiger partial charge on any atom is -0.453 e. The van der Waals surface area contributed by atoms with Crippen molar-refractivity contribution in [3.63, 3.8) is 0 Å². The van der Waals surface area contributed by atoms with Gasteiger partial charge in [-0.2, -0.15) is 5.26 Å². The fraction of sp³-hybridized carbons (Fsp3) is 0.438. The average Bonchev–Trinajstić information content (AvgIpc) is 3.80. The maximum absolute atomic E-state index is 14.0. The van der Waals surface area contributed by atoms with Gasteiger partial charge in [0.25, 0.3) is 0 Å². The Morgan fingerprint density at radius 2 is 1.54 bits per heavy atom. The first-order chi connectivity index (χ1) is 31.1. The van der Waals surface area contributed by atoms with Gasteiger partial charge in [0.1, 0.15) is 27.7 Å². The molecule has 4 aliphatic rings. The summed E-state index contributed by atoms with van der Waals surface area (Å²) in [6.45, 7) is 4.47. The predicted molar refractivity (Wildman–Crippen MR) is 245 cm³/mol. The summed E-state index contributed by atoms with van der Waals surface area (Å²) in [5, 5.41) is 17.1. The molecule has 1 saturated carbocycles. The predicted octanol–water partition coefficient (Wildman–Crippen LogP) is 6.42. The van der Waals surface area contributed by atoms with Crippen LogP contribution in [0, 0.1) is 28.6 Å². The Hall–Kier alpha value is -6.54. The van der Waals surface area contributed by atoms with Crippen LogP contribution < -0.4 is 10.6 Å². The zero-order valence-corrected chi connectivity index (χ0v) is 38.0. The van der Waals surface area contributed by atoms with Crippen molar-refractivity contribution < 1.29 is 37.1 Å². The molecule has 0 radical (unpaired) electrons. The van der Waals surface area contributed by atoms with E-state index in [-0.39, 0.29) is 53.8 Å². The summed E-state index contributed by atoms with van der Waals surface area (Å²) < 4.78 is 33.5. The third kappa shape index (κ3) is 9.78. The summed E-state index contributed by atoms with van der Waals surface area (Å²) in [5.41, 5.74) is 6.77. The third-order valence-corrected chi connectivity index (χ3v) is 14.2. The van der Waals surface area contributed by atoms with E-state index in [2.05, 4.69) is 81.3 Å². The molecule has 1 aliphatic carbocycles. The van der Waals surface area contributed by atoms with E-state index < -0.39 is 40.1 Å². The Kier molecular flexibility index (Phi) is 12.6. The van der Waals surface area contributed by atoms with Crippen molar-refractivity contribution in [3.8, 4) is 28.5 Å². The van der Waals surface area contributed by atoms with Crippen molar-refractivity contribution in [2.75, 3.05) is 39.3 Å². The first-order valence-electron chi connectivity index (χ1n) is 21.9. The number of benzene rings is 3. The molecule has 5 atom stereocenters. The minimum absolute atomic E-state index is 0.0269. The first-order valence-corrected chi connectivity index (χ1v) is 24.0. The molecule has 0 bridgehead atoms. The number of hydrogen-bond acceptors (Lipinski definition) is 11. The fourth-order valence-corrected chi connectivity index (χ4v) is 10.0. The second-order valence-corrected chi connectivity index (χ2v) is 20.5. The molecule has 4 heterocycles. The molecule has 4 aromatic rings. The molecule has 3 aliphatic heterocycles. The summed E-state index contributed by atoms with van der Waals surface area (Å²) >= 11 is 0. The number of imidazole rings is 1. The summed E-state index contributed by atoms with van der Waals surface area (Å²) in [5.74, 6) is -0.860. The highest BCUT2D eigenvalue weighted by atomic mass is 32.2. The largest absolute Gasteiger partial charge is 0.453 e. The Balaban J connectivity index is 0.931. The maximum atomic E-state index is 14.0. The van der Waals surface area contributed by atoms with Gasteiger partial charge in [-0.25, -0.2) is 23.0 Å². The molecule has 2 saturated heterocycles. The van der Waals surface area contributed by atoms with Crippen LogP contribution in [0.5, 0.6) is 0 Å². The highest BCUT2D eigenvalue weighted by Gasteiger charge is 2.55. The number of carbonyl (C=O) groups is 4. The van der Waals surface area contributed by atoms with Gasteiger partial charge in [0.2, 0.25) is 11.8 Å². The maximum Gasteiger partial charge on any atom is 0.407 e. The van der Waals surface area contributed by atoms with Gasteiger partial charge in [0.15, 0.2) is 0 Å². The number of amides is 4. The number of likely N-dealkylation sites (tertiary alicyclic amines) is 2. The van der Waals surface area contributed by atoms with E-state index in [1.807, 2.05) is 26.1 Å². The van der Waals surface area contributed by atoms with Crippen LogP contribution in [0.1, 0.15) is 69.8 Å². The molecule has 17 heteroatoms. The SMILES string of the molecule is COC(=O)N[C@H](CCS(C)(=O)=O)C(=O)N1CC2(CC2)C[C@@H]1C1=NC=C(c2ccc(-c3ccc4cc(-c5cnc([C@H]6C[C@@H](C#N)CN6C(=O)[C@H](NC(=O)OC)C(C)C)[nH]5)ccc4c3)cc2)C1. The molecular weight excluding hydrogens is 849 g/mol. The van der Waals surface area contributed by atoms with E-state index in [1.165, 1.54) is 14.2 Å². The number of methoxy groups -OCH3 is 2. The van der Waals surface area contributed by atoms with Gasteiger partial charge in [-0.15, -0.1) is 0 Å². The Bertz CT molecular complexity index is 2740. The van der Waals surface area contributed by atoms with Gasteiger partial charge < -0.3 is 34.9 Å². The number of H-pyrrole nitrogens is 1. The molecule has 3 aromatic carbocycles.